The molecular weight excluding hydrogens is 360 g/mol. The first-order valence-corrected chi connectivity index (χ1v) is 10.8. The van der Waals surface area contributed by atoms with Crippen molar-refractivity contribution < 1.29 is 9.69 Å². The number of carbonyl (C=O) groups excluding carboxylic acids is 1. The molecular formula is C24H33N4O+. The first-order valence-electron chi connectivity index (χ1n) is 10.8. The van der Waals surface area contributed by atoms with Crippen molar-refractivity contribution in [2.75, 3.05) is 56.6 Å². The Hall–Kier alpha value is -2.53. The quantitative estimate of drug-likeness (QED) is 0.753. The van der Waals surface area contributed by atoms with Crippen LogP contribution >= 0.6 is 0 Å². The summed E-state index contributed by atoms with van der Waals surface area (Å²) in [5.41, 5.74) is 3.83. The van der Waals surface area contributed by atoms with Crippen LogP contribution in [0, 0.1) is 5.92 Å². The molecule has 4 rings (SSSR count). The van der Waals surface area contributed by atoms with Crippen molar-refractivity contribution in [1.29, 1.82) is 0 Å². The van der Waals surface area contributed by atoms with E-state index in [-0.39, 0.29) is 11.8 Å². The predicted molar refractivity (Wildman–Crippen MR) is 119 cm³/mol. The van der Waals surface area contributed by atoms with Crippen LogP contribution in [0.25, 0.3) is 0 Å². The number of rotatable bonds is 7. The molecule has 0 radical (unpaired) electrons. The third-order valence-electron chi connectivity index (χ3n) is 6.26. The third-order valence-corrected chi connectivity index (χ3v) is 6.26. The fourth-order valence-corrected chi connectivity index (χ4v) is 4.23. The van der Waals surface area contributed by atoms with Crippen molar-refractivity contribution in [1.82, 2.24) is 5.32 Å². The van der Waals surface area contributed by atoms with E-state index in [1.807, 2.05) is 0 Å². The lowest BCUT2D eigenvalue weighted by molar-refractivity contribution is -0.931. The molecule has 2 N–H and O–H groups in total. The van der Waals surface area contributed by atoms with Crippen LogP contribution in [-0.4, -0.2) is 52.7 Å². The molecule has 1 aliphatic heterocycles. The fourth-order valence-electron chi connectivity index (χ4n) is 4.23. The molecule has 0 unspecified atom stereocenters. The Labute approximate surface area is 174 Å². The van der Waals surface area contributed by atoms with Gasteiger partial charge in [-0.25, -0.2) is 0 Å². The van der Waals surface area contributed by atoms with Crippen molar-refractivity contribution in [3.63, 3.8) is 0 Å². The fraction of sp³-hybridized carbons (Fsp3) is 0.458. The van der Waals surface area contributed by atoms with E-state index < -0.39 is 0 Å². The van der Waals surface area contributed by atoms with Crippen LogP contribution in [0.4, 0.5) is 11.4 Å². The molecule has 1 saturated carbocycles. The SMILES string of the molecule is CN(C)c1ccc([C@@H](CNC(=O)C2CC2)[NH+]2CCN(c3ccccc3)CC2)cc1. The van der Waals surface area contributed by atoms with E-state index in [9.17, 15) is 4.79 Å². The van der Waals surface area contributed by atoms with Crippen molar-refractivity contribution in [3.05, 3.63) is 60.2 Å². The molecule has 0 aromatic heterocycles. The molecule has 29 heavy (non-hydrogen) atoms. The molecule has 0 bridgehead atoms. The predicted octanol–water partition coefficient (Wildman–Crippen LogP) is 1.73. The molecule has 1 heterocycles. The summed E-state index contributed by atoms with van der Waals surface area (Å²) in [7, 11) is 4.13. The molecule has 2 aliphatic rings. The molecule has 1 amide bonds. The van der Waals surface area contributed by atoms with Crippen LogP contribution in [0.1, 0.15) is 24.4 Å². The average Bonchev–Trinajstić information content (AvgIpc) is 3.61. The molecule has 2 aromatic rings. The van der Waals surface area contributed by atoms with Crippen molar-refractivity contribution in [3.8, 4) is 0 Å². The van der Waals surface area contributed by atoms with E-state index in [2.05, 4.69) is 83.8 Å². The summed E-state index contributed by atoms with van der Waals surface area (Å²) in [6.07, 6.45) is 2.10. The summed E-state index contributed by atoms with van der Waals surface area (Å²) in [4.78, 5) is 18.4. The molecule has 0 spiro atoms. The van der Waals surface area contributed by atoms with Gasteiger partial charge < -0.3 is 20.0 Å². The van der Waals surface area contributed by atoms with Gasteiger partial charge in [-0.05, 0) is 37.1 Å². The second-order valence-corrected chi connectivity index (χ2v) is 8.54. The maximum absolute atomic E-state index is 12.3. The maximum Gasteiger partial charge on any atom is 0.223 e. The number of benzene rings is 2. The first-order chi connectivity index (χ1) is 14.1. The number of quaternary nitrogens is 1. The highest BCUT2D eigenvalue weighted by atomic mass is 16.2. The highest BCUT2D eigenvalue weighted by Crippen LogP contribution is 2.29. The van der Waals surface area contributed by atoms with Crippen LogP contribution in [-0.2, 0) is 4.79 Å². The average molecular weight is 394 g/mol. The Morgan fingerprint density at radius 1 is 1.07 bits per heavy atom. The second-order valence-electron chi connectivity index (χ2n) is 8.54. The molecule has 1 saturated heterocycles. The molecule has 1 atom stereocenters. The van der Waals surface area contributed by atoms with Gasteiger partial charge in [0.15, 0.2) is 0 Å². The Balaban J connectivity index is 1.45. The minimum absolute atomic E-state index is 0.238. The lowest BCUT2D eigenvalue weighted by Crippen LogP contribution is -3.15. The van der Waals surface area contributed by atoms with Gasteiger partial charge in [0.25, 0.3) is 0 Å². The van der Waals surface area contributed by atoms with Crippen LogP contribution in [0.2, 0.25) is 0 Å². The maximum atomic E-state index is 12.3. The van der Waals surface area contributed by atoms with E-state index >= 15 is 0 Å². The Bertz CT molecular complexity index is 793. The van der Waals surface area contributed by atoms with Crippen LogP contribution in [0.15, 0.2) is 54.6 Å². The zero-order chi connectivity index (χ0) is 20.2. The number of hydrogen-bond acceptors (Lipinski definition) is 3. The number of hydrogen-bond donors (Lipinski definition) is 2. The topological polar surface area (TPSA) is 40.0 Å². The number of nitrogens with one attached hydrogen (secondary N) is 2. The lowest BCUT2D eigenvalue weighted by atomic mass is 10.0. The highest BCUT2D eigenvalue weighted by Gasteiger charge is 2.33. The smallest absolute Gasteiger partial charge is 0.223 e. The van der Waals surface area contributed by atoms with E-state index in [1.54, 1.807) is 4.90 Å². The van der Waals surface area contributed by atoms with Gasteiger partial charge in [-0.2, -0.15) is 0 Å². The third kappa shape index (κ3) is 4.91. The van der Waals surface area contributed by atoms with Gasteiger partial charge in [0.1, 0.15) is 6.04 Å². The van der Waals surface area contributed by atoms with Crippen LogP contribution in [0.5, 0.6) is 0 Å². The summed E-state index contributed by atoms with van der Waals surface area (Å²) in [6.45, 7) is 4.96. The van der Waals surface area contributed by atoms with E-state index in [1.165, 1.54) is 16.9 Å². The van der Waals surface area contributed by atoms with Crippen molar-refractivity contribution >= 4 is 17.3 Å². The molecule has 5 nitrogen and oxygen atoms in total. The molecule has 2 fully saturated rings. The van der Waals surface area contributed by atoms with Gasteiger partial charge in [0.2, 0.25) is 5.91 Å². The summed E-state index contributed by atoms with van der Waals surface area (Å²) in [5, 5.41) is 3.24. The van der Waals surface area contributed by atoms with E-state index in [4.69, 9.17) is 0 Å². The summed E-state index contributed by atoms with van der Waals surface area (Å²) < 4.78 is 0. The van der Waals surface area contributed by atoms with Gasteiger partial charge in [-0.1, -0.05) is 30.3 Å². The number of piperazine rings is 1. The summed E-state index contributed by atoms with van der Waals surface area (Å²) >= 11 is 0. The number of nitrogens with zero attached hydrogens (tertiary/aromatic N) is 2. The first kappa shape index (κ1) is 19.8. The van der Waals surface area contributed by atoms with Crippen LogP contribution < -0.4 is 20.0 Å². The van der Waals surface area contributed by atoms with Gasteiger partial charge in [0, 0.05) is 37.0 Å². The summed E-state index contributed by atoms with van der Waals surface area (Å²) in [5.74, 6) is 0.499. The zero-order valence-corrected chi connectivity index (χ0v) is 17.6. The number of anilines is 2. The highest BCUT2D eigenvalue weighted by molar-refractivity contribution is 5.80. The summed E-state index contributed by atoms with van der Waals surface area (Å²) in [6, 6.07) is 19.8. The minimum atomic E-state index is 0.238. The molecule has 5 heteroatoms. The zero-order valence-electron chi connectivity index (χ0n) is 17.6. The van der Waals surface area contributed by atoms with Crippen LogP contribution in [0.3, 0.4) is 0 Å². The van der Waals surface area contributed by atoms with Gasteiger partial charge in [-0.3, -0.25) is 4.79 Å². The second kappa shape index (κ2) is 8.87. The normalized spacial score (nSPS) is 18.3. The largest absolute Gasteiger partial charge is 0.378 e. The Morgan fingerprint density at radius 3 is 2.31 bits per heavy atom. The number of amides is 1. The number of para-hydroxylation sites is 1. The molecule has 154 valence electrons. The van der Waals surface area contributed by atoms with Gasteiger partial charge in [-0.15, -0.1) is 0 Å². The van der Waals surface area contributed by atoms with Gasteiger partial charge >= 0.3 is 0 Å². The Kier molecular flexibility index (Phi) is 6.05. The van der Waals surface area contributed by atoms with Crippen molar-refractivity contribution in [2.45, 2.75) is 18.9 Å². The molecule has 2 aromatic carbocycles. The number of carbonyl (C=O) groups is 1. The lowest BCUT2D eigenvalue weighted by Gasteiger charge is -2.38. The monoisotopic (exact) mass is 393 g/mol. The molecule has 1 aliphatic carbocycles. The van der Waals surface area contributed by atoms with E-state index in [0.717, 1.165) is 45.6 Å². The minimum Gasteiger partial charge on any atom is -0.378 e. The van der Waals surface area contributed by atoms with Gasteiger partial charge in [0.05, 0.1) is 32.7 Å². The Morgan fingerprint density at radius 2 is 1.72 bits per heavy atom. The standard InChI is InChI=1S/C24H32N4O/c1-26(2)21-12-10-19(11-13-21)23(18-25-24(29)20-8-9-20)28-16-14-27(15-17-28)22-6-4-3-5-7-22/h3-7,10-13,20,23H,8-9,14-18H2,1-2H3,(H,25,29)/p+1/t23-/m1/s1. The van der Waals surface area contributed by atoms with Crippen molar-refractivity contribution in [2.24, 2.45) is 5.92 Å². The van der Waals surface area contributed by atoms with E-state index in [0.29, 0.717) is 6.04 Å².